The van der Waals surface area contributed by atoms with Crippen LogP contribution in [0.1, 0.15) is 6.92 Å². The lowest BCUT2D eigenvalue weighted by atomic mass is 10.2. The first-order valence-electron chi connectivity index (χ1n) is 6.39. The van der Waals surface area contributed by atoms with E-state index in [1.807, 2.05) is 6.92 Å². The summed E-state index contributed by atoms with van der Waals surface area (Å²) in [5.41, 5.74) is 7.61. The molecule has 2 aromatic carbocycles. The predicted octanol–water partition coefficient (Wildman–Crippen LogP) is 4.63. The number of anilines is 3. The van der Waals surface area contributed by atoms with E-state index in [4.69, 9.17) is 28.9 Å². The molecule has 3 N–H and O–H groups in total. The van der Waals surface area contributed by atoms with E-state index in [9.17, 15) is 4.79 Å². The lowest BCUT2D eigenvalue weighted by Crippen LogP contribution is -2.34. The van der Waals surface area contributed by atoms with Gasteiger partial charge in [0.2, 0.25) is 0 Å². The van der Waals surface area contributed by atoms with Crippen molar-refractivity contribution in [1.82, 2.24) is 0 Å². The Balaban J connectivity index is 2.18. The van der Waals surface area contributed by atoms with Gasteiger partial charge in [0, 0.05) is 33.7 Å². The molecule has 21 heavy (non-hydrogen) atoms. The van der Waals surface area contributed by atoms with Crippen molar-refractivity contribution >= 4 is 46.3 Å². The van der Waals surface area contributed by atoms with Crippen molar-refractivity contribution in [3.63, 3.8) is 0 Å². The van der Waals surface area contributed by atoms with E-state index in [0.29, 0.717) is 28.0 Å². The number of halogens is 2. The number of hydrogen-bond acceptors (Lipinski definition) is 2. The summed E-state index contributed by atoms with van der Waals surface area (Å²) in [5, 5.41) is 3.71. The summed E-state index contributed by atoms with van der Waals surface area (Å²) in [5.74, 6) is 0. The summed E-state index contributed by atoms with van der Waals surface area (Å²) in [6.45, 7) is 2.41. The van der Waals surface area contributed by atoms with Crippen LogP contribution in [0.5, 0.6) is 0 Å². The van der Waals surface area contributed by atoms with Crippen LogP contribution in [0.4, 0.5) is 21.9 Å². The Morgan fingerprint density at radius 3 is 2.24 bits per heavy atom. The number of carbonyl (C=O) groups is 1. The van der Waals surface area contributed by atoms with Gasteiger partial charge in [-0.1, -0.05) is 23.2 Å². The van der Waals surface area contributed by atoms with E-state index in [1.54, 1.807) is 47.4 Å². The minimum absolute atomic E-state index is 0.263. The summed E-state index contributed by atoms with van der Waals surface area (Å²) in [4.78, 5) is 13.9. The summed E-state index contributed by atoms with van der Waals surface area (Å²) in [6.07, 6.45) is 0. The number of amides is 2. The van der Waals surface area contributed by atoms with Crippen molar-refractivity contribution in [3.8, 4) is 0 Å². The molecule has 0 radical (unpaired) electrons. The van der Waals surface area contributed by atoms with Gasteiger partial charge in [-0.15, -0.1) is 0 Å². The molecule has 0 fully saturated rings. The maximum absolute atomic E-state index is 12.3. The predicted molar refractivity (Wildman–Crippen MR) is 89.4 cm³/mol. The molecule has 2 amide bonds. The van der Waals surface area contributed by atoms with E-state index in [0.717, 1.165) is 5.69 Å². The SMILES string of the molecule is CCN(C(=O)Nc1cc(Cl)cc(Cl)c1)c1ccc(N)cc1. The topological polar surface area (TPSA) is 58.4 Å². The van der Waals surface area contributed by atoms with Crippen LogP contribution in [0.15, 0.2) is 42.5 Å². The van der Waals surface area contributed by atoms with Gasteiger partial charge in [0.05, 0.1) is 0 Å². The van der Waals surface area contributed by atoms with Gasteiger partial charge < -0.3 is 11.1 Å². The van der Waals surface area contributed by atoms with Crippen molar-refractivity contribution in [2.75, 3.05) is 22.5 Å². The minimum atomic E-state index is -0.263. The molecular formula is C15H15Cl2N3O. The van der Waals surface area contributed by atoms with Crippen LogP contribution < -0.4 is 16.0 Å². The summed E-state index contributed by atoms with van der Waals surface area (Å²) >= 11 is 11.8. The fraction of sp³-hybridized carbons (Fsp3) is 0.133. The number of carbonyl (C=O) groups excluding carboxylic acids is 1. The Bertz CT molecular complexity index is 624. The molecule has 0 heterocycles. The smallest absolute Gasteiger partial charge is 0.326 e. The molecule has 0 saturated carbocycles. The quantitative estimate of drug-likeness (QED) is 0.809. The van der Waals surface area contributed by atoms with E-state index >= 15 is 0 Å². The Morgan fingerprint density at radius 1 is 1.14 bits per heavy atom. The average Bonchev–Trinajstić information content (AvgIpc) is 2.40. The standard InChI is InChI=1S/C15H15Cl2N3O/c1-2-20(14-5-3-12(18)4-6-14)15(21)19-13-8-10(16)7-11(17)9-13/h3-9H,2,18H2,1H3,(H,19,21). The molecule has 0 aliphatic heterocycles. The molecule has 0 spiro atoms. The second kappa shape index (κ2) is 6.70. The number of urea groups is 1. The van der Waals surface area contributed by atoms with Gasteiger partial charge in [0.1, 0.15) is 0 Å². The largest absolute Gasteiger partial charge is 0.399 e. The van der Waals surface area contributed by atoms with Crippen LogP contribution in [0.3, 0.4) is 0 Å². The van der Waals surface area contributed by atoms with Crippen molar-refractivity contribution in [1.29, 1.82) is 0 Å². The third-order valence-electron chi connectivity index (χ3n) is 2.88. The molecule has 0 bridgehead atoms. The number of rotatable bonds is 3. The maximum atomic E-state index is 12.3. The highest BCUT2D eigenvalue weighted by Gasteiger charge is 2.14. The fourth-order valence-corrected chi connectivity index (χ4v) is 2.44. The molecule has 0 unspecified atom stereocenters. The van der Waals surface area contributed by atoms with Crippen LogP contribution in [0, 0.1) is 0 Å². The molecule has 2 aromatic rings. The number of nitrogens with two attached hydrogens (primary N) is 1. The highest BCUT2D eigenvalue weighted by molar-refractivity contribution is 6.35. The molecule has 110 valence electrons. The second-order valence-corrected chi connectivity index (χ2v) is 5.30. The lowest BCUT2D eigenvalue weighted by molar-refractivity contribution is 0.257. The maximum Gasteiger partial charge on any atom is 0.326 e. The van der Waals surface area contributed by atoms with E-state index in [-0.39, 0.29) is 6.03 Å². The third-order valence-corrected chi connectivity index (χ3v) is 3.32. The Kier molecular flexibility index (Phi) is 4.94. The average molecular weight is 324 g/mol. The zero-order valence-electron chi connectivity index (χ0n) is 11.4. The molecule has 4 nitrogen and oxygen atoms in total. The number of nitrogens with zero attached hydrogens (tertiary/aromatic N) is 1. The molecule has 0 atom stereocenters. The van der Waals surface area contributed by atoms with E-state index in [2.05, 4.69) is 5.32 Å². The van der Waals surface area contributed by atoms with Gasteiger partial charge in [-0.05, 0) is 49.4 Å². The van der Waals surface area contributed by atoms with Crippen LogP contribution in [-0.4, -0.2) is 12.6 Å². The molecule has 0 aromatic heterocycles. The van der Waals surface area contributed by atoms with Gasteiger partial charge in [-0.2, -0.15) is 0 Å². The molecule has 2 rings (SSSR count). The number of benzene rings is 2. The Morgan fingerprint density at radius 2 is 1.71 bits per heavy atom. The van der Waals surface area contributed by atoms with Crippen LogP contribution >= 0.6 is 23.2 Å². The van der Waals surface area contributed by atoms with Crippen LogP contribution in [-0.2, 0) is 0 Å². The molecular weight excluding hydrogens is 309 g/mol. The number of nitrogens with one attached hydrogen (secondary N) is 1. The summed E-state index contributed by atoms with van der Waals surface area (Å²) in [7, 11) is 0. The zero-order valence-corrected chi connectivity index (χ0v) is 12.9. The molecule has 0 aliphatic carbocycles. The lowest BCUT2D eigenvalue weighted by Gasteiger charge is -2.21. The van der Waals surface area contributed by atoms with Crippen molar-refractivity contribution < 1.29 is 4.79 Å². The Hall–Kier alpha value is -1.91. The molecule has 6 heteroatoms. The Labute approximate surface area is 133 Å². The van der Waals surface area contributed by atoms with Crippen LogP contribution in [0.25, 0.3) is 0 Å². The second-order valence-electron chi connectivity index (χ2n) is 4.42. The van der Waals surface area contributed by atoms with Gasteiger partial charge in [-0.3, -0.25) is 4.90 Å². The van der Waals surface area contributed by atoms with Gasteiger partial charge in [0.25, 0.3) is 0 Å². The first-order valence-corrected chi connectivity index (χ1v) is 7.15. The third kappa shape index (κ3) is 4.03. The van der Waals surface area contributed by atoms with Crippen molar-refractivity contribution in [2.45, 2.75) is 6.92 Å². The van der Waals surface area contributed by atoms with Gasteiger partial charge in [0.15, 0.2) is 0 Å². The van der Waals surface area contributed by atoms with E-state index in [1.165, 1.54) is 0 Å². The fourth-order valence-electron chi connectivity index (χ4n) is 1.91. The summed E-state index contributed by atoms with van der Waals surface area (Å²) < 4.78 is 0. The molecule has 0 aliphatic rings. The monoisotopic (exact) mass is 323 g/mol. The van der Waals surface area contributed by atoms with Gasteiger partial charge in [-0.25, -0.2) is 4.79 Å². The first kappa shape index (κ1) is 15.5. The normalized spacial score (nSPS) is 10.2. The molecule has 0 saturated heterocycles. The highest BCUT2D eigenvalue weighted by atomic mass is 35.5. The van der Waals surface area contributed by atoms with E-state index < -0.39 is 0 Å². The minimum Gasteiger partial charge on any atom is -0.399 e. The first-order chi connectivity index (χ1) is 9.99. The summed E-state index contributed by atoms with van der Waals surface area (Å²) in [6, 6.07) is 11.7. The van der Waals surface area contributed by atoms with Gasteiger partial charge >= 0.3 is 6.03 Å². The number of nitrogen functional groups attached to an aromatic ring is 1. The van der Waals surface area contributed by atoms with Crippen molar-refractivity contribution in [2.24, 2.45) is 0 Å². The van der Waals surface area contributed by atoms with Crippen molar-refractivity contribution in [3.05, 3.63) is 52.5 Å². The zero-order chi connectivity index (χ0) is 15.4. The van der Waals surface area contributed by atoms with Crippen LogP contribution in [0.2, 0.25) is 10.0 Å². The highest BCUT2D eigenvalue weighted by Crippen LogP contribution is 2.23. The number of hydrogen-bond donors (Lipinski definition) is 2.